The lowest BCUT2D eigenvalue weighted by Gasteiger charge is -2.30. The Balaban J connectivity index is 1.15. The number of aromatic amines is 1. The number of hydrogen-bond acceptors (Lipinski definition) is 6. The van der Waals surface area contributed by atoms with Gasteiger partial charge in [0.05, 0.1) is 44.8 Å². The number of methoxy groups -OCH3 is 1. The minimum atomic E-state index is -0.879. The van der Waals surface area contributed by atoms with Gasteiger partial charge >= 0.3 is 6.09 Å². The van der Waals surface area contributed by atoms with Crippen molar-refractivity contribution in [1.29, 1.82) is 0 Å². The molecule has 7 rings (SSSR count). The van der Waals surface area contributed by atoms with Gasteiger partial charge in [-0.25, -0.2) is 9.78 Å². The summed E-state index contributed by atoms with van der Waals surface area (Å²) in [6, 6.07) is 12.1. The molecule has 2 aromatic carbocycles. The summed E-state index contributed by atoms with van der Waals surface area (Å²) in [5.41, 5.74) is 9.13. The molecule has 4 aliphatic rings. The van der Waals surface area contributed by atoms with Gasteiger partial charge in [-0.3, -0.25) is 4.79 Å². The number of alkyl carbamates (subject to hydrolysis) is 1. The van der Waals surface area contributed by atoms with Crippen molar-refractivity contribution < 1.29 is 23.8 Å². The van der Waals surface area contributed by atoms with Gasteiger partial charge in [0.1, 0.15) is 11.9 Å². The first kappa shape index (κ1) is 28.1. The fourth-order valence-corrected chi connectivity index (χ4v) is 7.87. The standard InChI is InChI=1S/C34H40N4O5/c1-19(2)30(37-33(40)41-4)32(39)38-18-34(42-13-14-43-34)16-27(38)31-35-17-26(36-31)22-8-6-21(7-9-22)25-12-5-20(3)28-23-10-11-24(15-23)29(25)28/h5-9,12,17,19,23-24,27,30H,10-11,13-16,18H2,1-4H3,(H,35,36)(H,37,40)/t23?,24?,27-,30-/m0/s1. The van der Waals surface area contributed by atoms with Crippen LogP contribution in [0.1, 0.15) is 79.9 Å². The molecule has 9 heteroatoms. The van der Waals surface area contributed by atoms with Crippen LogP contribution in [0.2, 0.25) is 0 Å². The van der Waals surface area contributed by atoms with Crippen molar-refractivity contribution in [3.63, 3.8) is 0 Å². The number of aromatic nitrogens is 2. The highest BCUT2D eigenvalue weighted by Gasteiger charge is 2.52. The van der Waals surface area contributed by atoms with Gasteiger partial charge in [0.25, 0.3) is 0 Å². The summed E-state index contributed by atoms with van der Waals surface area (Å²) >= 11 is 0. The van der Waals surface area contributed by atoms with Gasteiger partial charge < -0.3 is 29.4 Å². The number of carbonyl (C=O) groups is 2. The Labute approximate surface area is 252 Å². The SMILES string of the molecule is COC(=O)N[C@H](C(=O)N1CC2(C[C@H]1c1ncc(-c3ccc(-c4ccc(C)c5c4C4CCC5C4)cc3)[nH]1)OCCO2)C(C)C. The second-order valence-electron chi connectivity index (χ2n) is 12.9. The zero-order chi connectivity index (χ0) is 29.9. The topological polar surface area (TPSA) is 106 Å². The lowest BCUT2D eigenvalue weighted by molar-refractivity contribution is -0.153. The molecule has 43 heavy (non-hydrogen) atoms. The normalized spacial score (nSPS) is 24.1. The van der Waals surface area contributed by atoms with Gasteiger partial charge in [0.2, 0.25) is 5.91 Å². The molecule has 2 N–H and O–H groups in total. The molecular formula is C34H40N4O5. The number of amides is 2. The molecular weight excluding hydrogens is 544 g/mol. The molecule has 2 saturated heterocycles. The first-order valence-electron chi connectivity index (χ1n) is 15.5. The van der Waals surface area contributed by atoms with Crippen molar-refractivity contribution in [3.05, 3.63) is 65.1 Å². The van der Waals surface area contributed by atoms with Crippen LogP contribution < -0.4 is 5.32 Å². The van der Waals surface area contributed by atoms with Crippen LogP contribution in [-0.2, 0) is 19.0 Å². The van der Waals surface area contributed by atoms with Crippen molar-refractivity contribution in [2.45, 2.75) is 76.2 Å². The van der Waals surface area contributed by atoms with E-state index in [0.29, 0.717) is 31.4 Å². The van der Waals surface area contributed by atoms with Gasteiger partial charge in [0.15, 0.2) is 5.79 Å². The fraction of sp³-hybridized carbons (Fsp3) is 0.500. The van der Waals surface area contributed by atoms with Crippen molar-refractivity contribution in [3.8, 4) is 22.4 Å². The minimum Gasteiger partial charge on any atom is -0.453 e. The third-order valence-corrected chi connectivity index (χ3v) is 9.95. The third-order valence-electron chi connectivity index (χ3n) is 9.95. The van der Waals surface area contributed by atoms with E-state index in [1.165, 1.54) is 43.1 Å². The van der Waals surface area contributed by atoms with Crippen LogP contribution in [0.3, 0.4) is 0 Å². The van der Waals surface area contributed by atoms with Crippen molar-refractivity contribution in [2.24, 2.45) is 5.92 Å². The minimum absolute atomic E-state index is 0.148. The number of benzene rings is 2. The highest BCUT2D eigenvalue weighted by atomic mass is 16.7. The number of H-pyrrole nitrogens is 1. The number of rotatable bonds is 6. The van der Waals surface area contributed by atoms with Crippen molar-refractivity contribution >= 4 is 12.0 Å². The van der Waals surface area contributed by atoms with E-state index >= 15 is 0 Å². The Morgan fingerprint density at radius 3 is 2.44 bits per heavy atom. The number of carbonyl (C=O) groups excluding carboxylic acids is 2. The largest absolute Gasteiger partial charge is 0.453 e. The van der Waals surface area contributed by atoms with Gasteiger partial charge in [-0.05, 0) is 77.3 Å². The maximum Gasteiger partial charge on any atom is 0.407 e. The molecule has 9 nitrogen and oxygen atoms in total. The third kappa shape index (κ3) is 4.83. The summed E-state index contributed by atoms with van der Waals surface area (Å²) in [6.07, 6.45) is 5.57. The monoisotopic (exact) mass is 584 g/mol. The van der Waals surface area contributed by atoms with Crippen LogP contribution >= 0.6 is 0 Å². The number of nitrogens with one attached hydrogen (secondary N) is 2. The molecule has 0 radical (unpaired) electrons. The number of aryl methyl sites for hydroxylation is 1. The van der Waals surface area contributed by atoms with E-state index in [-0.39, 0.29) is 18.4 Å². The van der Waals surface area contributed by atoms with E-state index in [2.05, 4.69) is 53.6 Å². The molecule has 3 fully saturated rings. The molecule has 2 amide bonds. The zero-order valence-corrected chi connectivity index (χ0v) is 25.3. The number of ether oxygens (including phenoxy) is 3. The number of hydrogen-bond donors (Lipinski definition) is 2. The average Bonchev–Trinajstić information content (AvgIpc) is 3.85. The molecule has 1 spiro atoms. The Hall–Kier alpha value is -3.69. The zero-order valence-electron chi connectivity index (χ0n) is 25.3. The average molecular weight is 585 g/mol. The Morgan fingerprint density at radius 1 is 1.05 bits per heavy atom. The Kier molecular flexibility index (Phi) is 7.05. The summed E-state index contributed by atoms with van der Waals surface area (Å²) in [7, 11) is 1.29. The Morgan fingerprint density at radius 2 is 1.74 bits per heavy atom. The summed E-state index contributed by atoms with van der Waals surface area (Å²) in [5, 5.41) is 2.71. The molecule has 226 valence electrons. The summed E-state index contributed by atoms with van der Waals surface area (Å²) < 4.78 is 16.8. The number of imidazole rings is 1. The molecule has 2 aliphatic heterocycles. The van der Waals surface area contributed by atoms with Crippen LogP contribution in [0, 0.1) is 12.8 Å². The molecule has 4 atom stereocenters. The number of nitrogens with zero attached hydrogens (tertiary/aromatic N) is 2. The second kappa shape index (κ2) is 10.8. The van der Waals surface area contributed by atoms with Crippen LogP contribution in [-0.4, -0.2) is 65.6 Å². The van der Waals surface area contributed by atoms with Crippen LogP contribution in [0.15, 0.2) is 42.6 Å². The highest BCUT2D eigenvalue weighted by molar-refractivity contribution is 5.86. The van der Waals surface area contributed by atoms with Crippen LogP contribution in [0.5, 0.6) is 0 Å². The molecule has 3 heterocycles. The van der Waals surface area contributed by atoms with Gasteiger partial charge in [0, 0.05) is 6.42 Å². The molecule has 2 unspecified atom stereocenters. The van der Waals surface area contributed by atoms with Crippen LogP contribution in [0.25, 0.3) is 22.4 Å². The van der Waals surface area contributed by atoms with E-state index in [1.54, 1.807) is 16.0 Å². The maximum atomic E-state index is 13.9. The smallest absolute Gasteiger partial charge is 0.407 e. The maximum absolute atomic E-state index is 13.9. The fourth-order valence-electron chi connectivity index (χ4n) is 7.87. The van der Waals surface area contributed by atoms with Gasteiger partial charge in [-0.2, -0.15) is 0 Å². The van der Waals surface area contributed by atoms with E-state index in [4.69, 9.17) is 19.2 Å². The summed E-state index contributed by atoms with van der Waals surface area (Å²) in [6.45, 7) is 7.26. The first-order chi connectivity index (χ1) is 20.8. The van der Waals surface area contributed by atoms with Gasteiger partial charge in [-0.1, -0.05) is 50.2 Å². The Bertz CT molecular complexity index is 1540. The highest BCUT2D eigenvalue weighted by Crippen LogP contribution is 2.56. The van der Waals surface area contributed by atoms with Gasteiger partial charge in [-0.15, -0.1) is 0 Å². The van der Waals surface area contributed by atoms with Crippen molar-refractivity contribution in [1.82, 2.24) is 20.2 Å². The van der Waals surface area contributed by atoms with E-state index in [1.807, 2.05) is 20.0 Å². The molecule has 2 aliphatic carbocycles. The lowest BCUT2D eigenvalue weighted by atomic mass is 9.83. The lowest BCUT2D eigenvalue weighted by Crippen LogP contribution is -2.52. The molecule has 3 aromatic rings. The second-order valence-corrected chi connectivity index (χ2v) is 12.9. The molecule has 1 aromatic heterocycles. The van der Waals surface area contributed by atoms with Crippen molar-refractivity contribution in [2.75, 3.05) is 26.9 Å². The first-order valence-corrected chi connectivity index (χ1v) is 15.5. The van der Waals surface area contributed by atoms with E-state index < -0.39 is 24.0 Å². The summed E-state index contributed by atoms with van der Waals surface area (Å²) in [5.74, 6) is 0.839. The predicted octanol–water partition coefficient (Wildman–Crippen LogP) is 5.81. The van der Waals surface area contributed by atoms with Crippen LogP contribution in [0.4, 0.5) is 4.79 Å². The van der Waals surface area contributed by atoms with E-state index in [9.17, 15) is 9.59 Å². The number of fused-ring (bicyclic) bond motifs is 5. The molecule has 2 bridgehead atoms. The predicted molar refractivity (Wildman–Crippen MR) is 161 cm³/mol. The quantitative estimate of drug-likeness (QED) is 0.379. The van der Waals surface area contributed by atoms with E-state index in [0.717, 1.165) is 17.2 Å². The number of likely N-dealkylation sites (tertiary alicyclic amines) is 1. The molecule has 1 saturated carbocycles. The summed E-state index contributed by atoms with van der Waals surface area (Å²) in [4.78, 5) is 35.9.